The lowest BCUT2D eigenvalue weighted by atomic mass is 9.94. The van der Waals surface area contributed by atoms with Gasteiger partial charge in [0.05, 0.1) is 18.7 Å². The number of hydrogen-bond acceptors (Lipinski definition) is 4. The number of methoxy groups -OCH3 is 1. The molecule has 0 aliphatic carbocycles. The minimum atomic E-state index is -0.430. The van der Waals surface area contributed by atoms with Gasteiger partial charge in [-0.25, -0.2) is 4.79 Å². The first-order valence-electron chi connectivity index (χ1n) is 8.69. The van der Waals surface area contributed by atoms with E-state index in [1.54, 1.807) is 0 Å². The molecule has 1 heterocycles. The predicted octanol–water partition coefficient (Wildman–Crippen LogP) is 3.12. The second kappa shape index (κ2) is 8.80. The lowest BCUT2D eigenvalue weighted by Gasteiger charge is -2.37. The molecule has 1 aromatic carbocycles. The van der Waals surface area contributed by atoms with Crippen LogP contribution in [0.1, 0.15) is 45.2 Å². The largest absolute Gasteiger partial charge is 0.466 e. The number of allylic oxidation sites excluding steroid dienone is 1. The molecule has 1 aliphatic rings. The van der Waals surface area contributed by atoms with Crippen molar-refractivity contribution in [2.45, 2.75) is 39.7 Å². The van der Waals surface area contributed by atoms with Gasteiger partial charge in [-0.2, -0.15) is 0 Å². The van der Waals surface area contributed by atoms with Gasteiger partial charge in [-0.05, 0) is 50.2 Å². The van der Waals surface area contributed by atoms with Crippen LogP contribution in [0.5, 0.6) is 0 Å². The van der Waals surface area contributed by atoms with E-state index in [9.17, 15) is 9.59 Å². The normalized spacial score (nSPS) is 17.0. The summed E-state index contributed by atoms with van der Waals surface area (Å²) in [7, 11) is 1.37. The van der Waals surface area contributed by atoms with Crippen molar-refractivity contribution in [3.63, 3.8) is 0 Å². The number of nitrogens with zero attached hydrogens (tertiary/aromatic N) is 1. The highest BCUT2D eigenvalue weighted by atomic mass is 32.1. The topological polar surface area (TPSA) is 70.7 Å². The first-order valence-corrected chi connectivity index (χ1v) is 9.10. The number of amides is 1. The molecule has 0 saturated heterocycles. The molecule has 1 atom stereocenters. The lowest BCUT2D eigenvalue weighted by Crippen LogP contribution is -2.47. The van der Waals surface area contributed by atoms with Crippen LogP contribution in [0.25, 0.3) is 0 Å². The molecular formula is C19H25N3O3S. The van der Waals surface area contributed by atoms with Crippen molar-refractivity contribution in [3.05, 3.63) is 41.1 Å². The van der Waals surface area contributed by atoms with Crippen LogP contribution in [0.15, 0.2) is 35.5 Å². The SMILES string of the molecule is CCCC(=O)Nc1cccc([C@@H]2NC(=S)N(CC)C(C)=C2C(=O)OC)c1. The number of hydrogen-bond donors (Lipinski definition) is 2. The van der Waals surface area contributed by atoms with Gasteiger partial charge in [0.25, 0.3) is 0 Å². The third-order valence-corrected chi connectivity index (χ3v) is 4.64. The van der Waals surface area contributed by atoms with E-state index in [1.165, 1.54) is 7.11 Å². The lowest BCUT2D eigenvalue weighted by molar-refractivity contribution is -0.136. The second-order valence-corrected chi connectivity index (χ2v) is 6.43. The first-order chi connectivity index (χ1) is 12.4. The molecule has 0 saturated carbocycles. The molecule has 0 aromatic heterocycles. The van der Waals surface area contributed by atoms with Gasteiger partial charge < -0.3 is 20.3 Å². The van der Waals surface area contributed by atoms with Crippen molar-refractivity contribution < 1.29 is 14.3 Å². The zero-order valence-corrected chi connectivity index (χ0v) is 16.4. The van der Waals surface area contributed by atoms with Crippen molar-refractivity contribution in [3.8, 4) is 0 Å². The van der Waals surface area contributed by atoms with Crippen LogP contribution in [0.2, 0.25) is 0 Å². The van der Waals surface area contributed by atoms with Gasteiger partial charge >= 0.3 is 5.97 Å². The molecule has 26 heavy (non-hydrogen) atoms. The molecule has 6 nitrogen and oxygen atoms in total. The van der Waals surface area contributed by atoms with Crippen LogP contribution in [0.4, 0.5) is 5.69 Å². The Morgan fingerprint density at radius 1 is 1.35 bits per heavy atom. The van der Waals surface area contributed by atoms with E-state index < -0.39 is 12.0 Å². The Morgan fingerprint density at radius 3 is 2.69 bits per heavy atom. The monoisotopic (exact) mass is 375 g/mol. The quantitative estimate of drug-likeness (QED) is 0.588. The van der Waals surface area contributed by atoms with Crippen molar-refractivity contribution in [1.82, 2.24) is 10.2 Å². The zero-order valence-electron chi connectivity index (χ0n) is 15.6. The molecule has 1 amide bonds. The van der Waals surface area contributed by atoms with Gasteiger partial charge in [-0.3, -0.25) is 4.79 Å². The summed E-state index contributed by atoms with van der Waals surface area (Å²) < 4.78 is 4.99. The van der Waals surface area contributed by atoms with E-state index >= 15 is 0 Å². The van der Waals surface area contributed by atoms with E-state index in [-0.39, 0.29) is 5.91 Å². The molecule has 0 spiro atoms. The standard InChI is InChI=1S/C19H25N3O3S/c1-5-8-15(23)20-14-10-7-9-13(11-14)17-16(18(24)25-4)12(3)22(6-2)19(26)21-17/h7,9-11,17H,5-6,8H2,1-4H3,(H,20,23)(H,21,26)/t17-/m0/s1. The van der Waals surface area contributed by atoms with Gasteiger partial charge in [0.15, 0.2) is 5.11 Å². The summed E-state index contributed by atoms with van der Waals surface area (Å²) in [6.45, 7) is 6.44. The Kier molecular flexibility index (Phi) is 6.74. The first kappa shape index (κ1) is 19.9. The summed E-state index contributed by atoms with van der Waals surface area (Å²) in [6, 6.07) is 6.99. The Hall–Kier alpha value is -2.41. The van der Waals surface area contributed by atoms with Crippen molar-refractivity contribution in [2.75, 3.05) is 19.0 Å². The van der Waals surface area contributed by atoms with Crippen LogP contribution in [-0.4, -0.2) is 35.5 Å². The van der Waals surface area contributed by atoms with E-state index in [2.05, 4.69) is 10.6 Å². The number of nitrogens with one attached hydrogen (secondary N) is 2. The Bertz CT molecular complexity index is 745. The Balaban J connectivity index is 2.42. The fourth-order valence-corrected chi connectivity index (χ4v) is 3.42. The minimum absolute atomic E-state index is 0.0335. The maximum atomic E-state index is 12.4. The van der Waals surface area contributed by atoms with E-state index in [0.717, 1.165) is 17.7 Å². The fraction of sp³-hybridized carbons (Fsp3) is 0.421. The van der Waals surface area contributed by atoms with Crippen LogP contribution in [-0.2, 0) is 14.3 Å². The van der Waals surface area contributed by atoms with E-state index in [4.69, 9.17) is 17.0 Å². The summed E-state index contributed by atoms with van der Waals surface area (Å²) in [4.78, 5) is 26.2. The summed E-state index contributed by atoms with van der Waals surface area (Å²) >= 11 is 5.45. The highest BCUT2D eigenvalue weighted by Gasteiger charge is 2.34. The third kappa shape index (κ3) is 4.22. The summed E-state index contributed by atoms with van der Waals surface area (Å²) in [5.41, 5.74) is 2.80. The van der Waals surface area contributed by atoms with Gasteiger partial charge in [-0.1, -0.05) is 19.1 Å². The molecule has 0 bridgehead atoms. The molecular weight excluding hydrogens is 350 g/mol. The van der Waals surface area contributed by atoms with Crippen LogP contribution >= 0.6 is 12.2 Å². The summed E-state index contributed by atoms with van der Waals surface area (Å²) in [6.07, 6.45) is 1.25. The van der Waals surface area contributed by atoms with Gasteiger partial charge in [0, 0.05) is 24.4 Å². The average Bonchev–Trinajstić information content (AvgIpc) is 2.61. The number of carbonyl (C=O) groups is 2. The highest BCUT2D eigenvalue weighted by Crippen LogP contribution is 2.32. The van der Waals surface area contributed by atoms with E-state index in [1.807, 2.05) is 49.9 Å². The number of rotatable bonds is 6. The second-order valence-electron chi connectivity index (χ2n) is 6.04. The predicted molar refractivity (Wildman–Crippen MR) is 106 cm³/mol. The summed E-state index contributed by atoms with van der Waals surface area (Å²) in [5.74, 6) is -0.435. The van der Waals surface area contributed by atoms with Gasteiger partial charge in [-0.15, -0.1) is 0 Å². The zero-order chi connectivity index (χ0) is 19.3. The van der Waals surface area contributed by atoms with Crippen LogP contribution in [0, 0.1) is 0 Å². The minimum Gasteiger partial charge on any atom is -0.466 e. The van der Waals surface area contributed by atoms with Gasteiger partial charge in [0.1, 0.15) is 0 Å². The molecule has 1 aliphatic heterocycles. The highest BCUT2D eigenvalue weighted by molar-refractivity contribution is 7.80. The Labute approximate surface area is 159 Å². The average molecular weight is 375 g/mol. The van der Waals surface area contributed by atoms with Crippen molar-refractivity contribution in [1.29, 1.82) is 0 Å². The van der Waals surface area contributed by atoms with Crippen LogP contribution in [0.3, 0.4) is 0 Å². The fourth-order valence-electron chi connectivity index (χ4n) is 3.03. The van der Waals surface area contributed by atoms with Crippen LogP contribution < -0.4 is 10.6 Å². The summed E-state index contributed by atoms with van der Waals surface area (Å²) in [5, 5.41) is 6.66. The number of anilines is 1. The molecule has 140 valence electrons. The van der Waals surface area contributed by atoms with Crippen molar-refractivity contribution in [2.24, 2.45) is 0 Å². The Morgan fingerprint density at radius 2 is 2.08 bits per heavy atom. The number of carbonyl (C=O) groups excluding carboxylic acids is 2. The van der Waals surface area contributed by atoms with Crippen molar-refractivity contribution >= 4 is 34.9 Å². The maximum absolute atomic E-state index is 12.4. The molecule has 0 unspecified atom stereocenters. The molecule has 2 N–H and O–H groups in total. The third-order valence-electron chi connectivity index (χ3n) is 4.30. The number of ether oxygens (including phenoxy) is 1. The smallest absolute Gasteiger partial charge is 0.337 e. The molecule has 0 fully saturated rings. The molecule has 1 aromatic rings. The van der Waals surface area contributed by atoms with E-state index in [0.29, 0.717) is 29.3 Å². The van der Waals surface area contributed by atoms with Gasteiger partial charge in [0.2, 0.25) is 5.91 Å². The number of benzene rings is 1. The molecule has 7 heteroatoms. The number of esters is 1. The molecule has 0 radical (unpaired) electrons. The molecule has 2 rings (SSSR count). The number of thiocarbonyl (C=S) groups is 1. The maximum Gasteiger partial charge on any atom is 0.337 e.